The van der Waals surface area contributed by atoms with Crippen LogP contribution in [-0.4, -0.2) is 22.8 Å². The highest BCUT2D eigenvalue weighted by Crippen LogP contribution is 2.45. The van der Waals surface area contributed by atoms with Crippen molar-refractivity contribution in [1.82, 2.24) is 4.90 Å². The maximum absolute atomic E-state index is 12.2. The first-order valence-electron chi connectivity index (χ1n) is 6.80. The summed E-state index contributed by atoms with van der Waals surface area (Å²) in [5.74, 6) is -0.146. The second-order valence-electron chi connectivity index (χ2n) is 5.78. The SMILES string of the molecule is CC(CC#N)N1C(=O)CC2(CCCCC2)CC1=O. The van der Waals surface area contributed by atoms with E-state index in [1.807, 2.05) is 6.07 Å². The van der Waals surface area contributed by atoms with Gasteiger partial charge in [0.1, 0.15) is 0 Å². The van der Waals surface area contributed by atoms with Crippen molar-refractivity contribution in [2.75, 3.05) is 0 Å². The van der Waals surface area contributed by atoms with Gasteiger partial charge in [0.15, 0.2) is 0 Å². The Morgan fingerprint density at radius 3 is 2.28 bits per heavy atom. The van der Waals surface area contributed by atoms with E-state index in [0.717, 1.165) is 25.7 Å². The fourth-order valence-corrected chi connectivity index (χ4v) is 3.38. The van der Waals surface area contributed by atoms with Crippen molar-refractivity contribution in [2.24, 2.45) is 5.41 Å². The van der Waals surface area contributed by atoms with Crippen LogP contribution >= 0.6 is 0 Å². The molecule has 1 spiro atoms. The molecule has 0 aromatic carbocycles. The topological polar surface area (TPSA) is 61.2 Å². The zero-order chi connectivity index (χ0) is 13.2. The molecule has 1 heterocycles. The lowest BCUT2D eigenvalue weighted by atomic mass is 9.67. The number of piperidine rings is 1. The van der Waals surface area contributed by atoms with E-state index in [4.69, 9.17) is 5.26 Å². The third-order valence-corrected chi connectivity index (χ3v) is 4.33. The summed E-state index contributed by atoms with van der Waals surface area (Å²) in [5, 5.41) is 8.68. The molecule has 1 aliphatic carbocycles. The van der Waals surface area contributed by atoms with Crippen LogP contribution in [-0.2, 0) is 9.59 Å². The molecular formula is C14H20N2O2. The number of nitrogens with zero attached hydrogens (tertiary/aromatic N) is 2. The number of likely N-dealkylation sites (tertiary alicyclic amines) is 1. The summed E-state index contributed by atoms with van der Waals surface area (Å²) >= 11 is 0. The van der Waals surface area contributed by atoms with E-state index in [0.29, 0.717) is 12.8 Å². The van der Waals surface area contributed by atoms with Crippen LogP contribution in [0.2, 0.25) is 0 Å². The first-order valence-corrected chi connectivity index (χ1v) is 6.80. The molecule has 1 atom stereocenters. The van der Waals surface area contributed by atoms with Gasteiger partial charge in [0.25, 0.3) is 0 Å². The second kappa shape index (κ2) is 5.09. The van der Waals surface area contributed by atoms with Crippen LogP contribution in [0, 0.1) is 16.7 Å². The van der Waals surface area contributed by atoms with Crippen LogP contribution in [0.25, 0.3) is 0 Å². The smallest absolute Gasteiger partial charge is 0.230 e. The highest BCUT2D eigenvalue weighted by Gasteiger charge is 2.45. The van der Waals surface area contributed by atoms with Crippen molar-refractivity contribution < 1.29 is 9.59 Å². The van der Waals surface area contributed by atoms with Crippen molar-refractivity contribution in [3.05, 3.63) is 0 Å². The fraction of sp³-hybridized carbons (Fsp3) is 0.786. The Morgan fingerprint density at radius 1 is 1.22 bits per heavy atom. The number of carbonyl (C=O) groups is 2. The van der Waals surface area contributed by atoms with Crippen molar-refractivity contribution in [3.63, 3.8) is 0 Å². The Labute approximate surface area is 108 Å². The molecule has 0 aromatic heterocycles. The molecule has 1 unspecified atom stereocenters. The molecule has 18 heavy (non-hydrogen) atoms. The minimum Gasteiger partial charge on any atom is -0.279 e. The molecule has 1 aliphatic heterocycles. The highest BCUT2D eigenvalue weighted by molar-refractivity contribution is 5.98. The lowest BCUT2D eigenvalue weighted by Crippen LogP contribution is -2.52. The lowest BCUT2D eigenvalue weighted by Gasteiger charge is -2.43. The standard InChI is InChI=1S/C14H20N2O2/c1-11(5-8-15)16-12(17)9-14(10-13(16)18)6-3-2-4-7-14/h11H,2-7,9-10H2,1H3. The van der Waals surface area contributed by atoms with Gasteiger partial charge in [-0.15, -0.1) is 0 Å². The van der Waals surface area contributed by atoms with Crippen LogP contribution < -0.4 is 0 Å². The number of imide groups is 1. The van der Waals surface area contributed by atoms with Crippen molar-refractivity contribution in [1.29, 1.82) is 5.26 Å². The molecule has 0 bridgehead atoms. The molecule has 2 aliphatic rings. The van der Waals surface area contributed by atoms with E-state index in [9.17, 15) is 9.59 Å². The summed E-state index contributed by atoms with van der Waals surface area (Å²) in [6.07, 6.45) is 6.71. The number of hydrogen-bond acceptors (Lipinski definition) is 3. The summed E-state index contributed by atoms with van der Waals surface area (Å²) in [6.45, 7) is 1.78. The molecule has 2 amide bonds. The van der Waals surface area contributed by atoms with E-state index < -0.39 is 0 Å². The third-order valence-electron chi connectivity index (χ3n) is 4.33. The van der Waals surface area contributed by atoms with Crippen LogP contribution in [0.5, 0.6) is 0 Å². The van der Waals surface area contributed by atoms with E-state index in [1.54, 1.807) is 6.92 Å². The first-order chi connectivity index (χ1) is 8.58. The predicted octanol–water partition coefficient (Wildman–Crippen LogP) is 2.39. The van der Waals surface area contributed by atoms with Crippen LogP contribution in [0.15, 0.2) is 0 Å². The van der Waals surface area contributed by atoms with Crippen LogP contribution in [0.1, 0.15) is 58.3 Å². The van der Waals surface area contributed by atoms with Gasteiger partial charge >= 0.3 is 0 Å². The average molecular weight is 248 g/mol. The molecular weight excluding hydrogens is 228 g/mol. The zero-order valence-electron chi connectivity index (χ0n) is 10.9. The normalized spacial score (nSPS) is 25.0. The summed E-state index contributed by atoms with van der Waals surface area (Å²) in [4.78, 5) is 25.7. The Balaban J connectivity index is 2.10. The average Bonchev–Trinajstić information content (AvgIpc) is 2.28. The maximum Gasteiger partial charge on any atom is 0.230 e. The van der Waals surface area contributed by atoms with Gasteiger partial charge in [-0.1, -0.05) is 19.3 Å². The molecule has 4 heteroatoms. The van der Waals surface area contributed by atoms with E-state index in [1.165, 1.54) is 11.3 Å². The number of rotatable bonds is 2. The van der Waals surface area contributed by atoms with E-state index >= 15 is 0 Å². The minimum atomic E-state index is -0.282. The summed E-state index contributed by atoms with van der Waals surface area (Å²) < 4.78 is 0. The highest BCUT2D eigenvalue weighted by atomic mass is 16.2. The summed E-state index contributed by atoms with van der Waals surface area (Å²) in [7, 11) is 0. The molecule has 1 saturated heterocycles. The molecule has 1 saturated carbocycles. The van der Waals surface area contributed by atoms with Gasteiger partial charge in [-0.05, 0) is 25.2 Å². The van der Waals surface area contributed by atoms with E-state index in [2.05, 4.69) is 0 Å². The van der Waals surface area contributed by atoms with Crippen LogP contribution in [0.4, 0.5) is 0 Å². The van der Waals surface area contributed by atoms with E-state index in [-0.39, 0.29) is 29.7 Å². The largest absolute Gasteiger partial charge is 0.279 e. The quantitative estimate of drug-likeness (QED) is 0.705. The van der Waals surface area contributed by atoms with Gasteiger partial charge < -0.3 is 0 Å². The predicted molar refractivity (Wildman–Crippen MR) is 66.3 cm³/mol. The van der Waals surface area contributed by atoms with Gasteiger partial charge in [0.2, 0.25) is 11.8 Å². The summed E-state index contributed by atoms with van der Waals surface area (Å²) in [5.41, 5.74) is -0.0602. The van der Waals surface area contributed by atoms with Gasteiger partial charge in [-0.3, -0.25) is 14.5 Å². The Kier molecular flexibility index (Phi) is 3.70. The van der Waals surface area contributed by atoms with Gasteiger partial charge in [0, 0.05) is 18.9 Å². The Bertz CT molecular complexity index is 371. The number of carbonyl (C=O) groups excluding carboxylic acids is 2. The third kappa shape index (κ3) is 2.40. The molecule has 0 radical (unpaired) electrons. The zero-order valence-corrected chi connectivity index (χ0v) is 10.9. The Morgan fingerprint density at radius 2 is 1.78 bits per heavy atom. The monoisotopic (exact) mass is 248 g/mol. The fourth-order valence-electron chi connectivity index (χ4n) is 3.38. The van der Waals surface area contributed by atoms with Gasteiger partial charge in [-0.2, -0.15) is 5.26 Å². The molecule has 2 fully saturated rings. The second-order valence-corrected chi connectivity index (χ2v) is 5.78. The summed E-state index contributed by atoms with van der Waals surface area (Å²) in [6, 6.07) is 1.75. The maximum atomic E-state index is 12.2. The van der Waals surface area contributed by atoms with Crippen molar-refractivity contribution >= 4 is 11.8 Å². The van der Waals surface area contributed by atoms with Crippen molar-refractivity contribution in [3.8, 4) is 6.07 Å². The van der Waals surface area contributed by atoms with Gasteiger partial charge in [-0.25, -0.2) is 0 Å². The molecule has 2 rings (SSSR count). The lowest BCUT2D eigenvalue weighted by molar-refractivity contribution is -0.157. The molecule has 0 N–H and O–H groups in total. The van der Waals surface area contributed by atoms with Crippen molar-refractivity contribution in [2.45, 2.75) is 64.3 Å². The Hall–Kier alpha value is -1.37. The first kappa shape index (κ1) is 13.1. The molecule has 4 nitrogen and oxygen atoms in total. The molecule has 98 valence electrons. The number of hydrogen-bond donors (Lipinski definition) is 0. The van der Waals surface area contributed by atoms with Crippen LogP contribution in [0.3, 0.4) is 0 Å². The molecule has 0 aromatic rings. The minimum absolute atomic E-state index is 0.0602. The number of nitriles is 1. The van der Waals surface area contributed by atoms with Gasteiger partial charge in [0.05, 0.1) is 12.5 Å². The number of amides is 2.